The van der Waals surface area contributed by atoms with Gasteiger partial charge < -0.3 is 9.15 Å². The molecular weight excluding hydrogens is 423 g/mol. The highest BCUT2D eigenvalue weighted by Gasteiger charge is 2.10. The van der Waals surface area contributed by atoms with Crippen molar-refractivity contribution < 1.29 is 13.9 Å². The van der Waals surface area contributed by atoms with Crippen LogP contribution in [0.25, 0.3) is 11.3 Å². The van der Waals surface area contributed by atoms with E-state index in [0.29, 0.717) is 37.9 Å². The van der Waals surface area contributed by atoms with Crippen LogP contribution in [0.3, 0.4) is 0 Å². The molecule has 1 N–H and O–H groups in total. The van der Waals surface area contributed by atoms with Crippen molar-refractivity contribution in [2.24, 2.45) is 5.10 Å². The summed E-state index contributed by atoms with van der Waals surface area (Å²) in [5, 5.41) is 5.34. The Morgan fingerprint density at radius 1 is 1.14 bits per heavy atom. The number of hydrogen-bond acceptors (Lipinski definition) is 4. The lowest BCUT2D eigenvalue weighted by molar-refractivity contribution is -0.123. The highest BCUT2D eigenvalue weighted by molar-refractivity contribution is 6.43. The third kappa shape index (κ3) is 5.07. The van der Waals surface area contributed by atoms with E-state index in [1.807, 2.05) is 6.92 Å². The van der Waals surface area contributed by atoms with Gasteiger partial charge in [0.2, 0.25) is 0 Å². The third-order valence-electron chi connectivity index (χ3n) is 3.72. The molecule has 0 aliphatic carbocycles. The van der Waals surface area contributed by atoms with Gasteiger partial charge in [-0.2, -0.15) is 5.10 Å². The molecule has 28 heavy (non-hydrogen) atoms. The molecular formula is C20H15Cl3N2O3. The summed E-state index contributed by atoms with van der Waals surface area (Å²) in [5.74, 6) is 1.13. The monoisotopic (exact) mass is 436 g/mol. The van der Waals surface area contributed by atoms with E-state index < -0.39 is 5.91 Å². The quantitative estimate of drug-likeness (QED) is 0.395. The minimum absolute atomic E-state index is 0.181. The second kappa shape index (κ2) is 9.15. The Morgan fingerprint density at radius 3 is 2.75 bits per heavy atom. The van der Waals surface area contributed by atoms with Crippen molar-refractivity contribution >= 4 is 46.9 Å². The fraction of sp³-hybridized carbons (Fsp3) is 0.100. The SMILES string of the molecule is Cc1cc(OCC(=O)NN=Cc2ccc(-c3cccc(Cl)c3Cl)o2)ccc1Cl. The van der Waals surface area contributed by atoms with E-state index in [2.05, 4.69) is 10.5 Å². The number of hydrazone groups is 1. The van der Waals surface area contributed by atoms with Gasteiger partial charge in [0, 0.05) is 10.6 Å². The van der Waals surface area contributed by atoms with Gasteiger partial charge in [0.1, 0.15) is 17.3 Å². The van der Waals surface area contributed by atoms with E-state index in [9.17, 15) is 4.79 Å². The molecule has 1 aromatic heterocycles. The van der Waals surface area contributed by atoms with Crippen LogP contribution in [0.15, 0.2) is 58.0 Å². The van der Waals surface area contributed by atoms with Crippen LogP contribution in [0.5, 0.6) is 5.75 Å². The zero-order chi connectivity index (χ0) is 20.1. The van der Waals surface area contributed by atoms with Gasteiger partial charge in [-0.1, -0.05) is 40.9 Å². The molecule has 2 aromatic carbocycles. The second-order valence-electron chi connectivity index (χ2n) is 5.80. The maximum atomic E-state index is 11.8. The molecule has 1 heterocycles. The molecule has 3 rings (SSSR count). The molecule has 0 saturated heterocycles. The summed E-state index contributed by atoms with van der Waals surface area (Å²) in [6.45, 7) is 1.67. The highest BCUT2D eigenvalue weighted by atomic mass is 35.5. The van der Waals surface area contributed by atoms with E-state index in [4.69, 9.17) is 44.0 Å². The topological polar surface area (TPSA) is 63.8 Å². The van der Waals surface area contributed by atoms with Gasteiger partial charge >= 0.3 is 0 Å². The van der Waals surface area contributed by atoms with Crippen molar-refractivity contribution in [2.45, 2.75) is 6.92 Å². The first-order valence-corrected chi connectivity index (χ1v) is 9.32. The van der Waals surface area contributed by atoms with Crippen LogP contribution in [0, 0.1) is 6.92 Å². The number of aryl methyl sites for hydroxylation is 1. The van der Waals surface area contributed by atoms with Gasteiger partial charge in [-0.3, -0.25) is 4.79 Å². The van der Waals surface area contributed by atoms with Gasteiger partial charge in [0.25, 0.3) is 5.91 Å². The van der Waals surface area contributed by atoms with Crippen molar-refractivity contribution in [1.29, 1.82) is 0 Å². The van der Waals surface area contributed by atoms with Crippen molar-refractivity contribution in [3.8, 4) is 17.1 Å². The average molecular weight is 438 g/mol. The summed E-state index contributed by atoms with van der Waals surface area (Å²) in [7, 11) is 0. The number of rotatable bonds is 6. The molecule has 5 nitrogen and oxygen atoms in total. The van der Waals surface area contributed by atoms with Crippen LogP contribution in [0.1, 0.15) is 11.3 Å². The molecule has 3 aromatic rings. The average Bonchev–Trinajstić information content (AvgIpc) is 3.13. The standard InChI is InChI=1S/C20H15Cl3N2O3/c1-12-9-13(5-7-16(12)21)27-11-19(26)25-24-10-14-6-8-18(28-14)15-3-2-4-17(22)20(15)23/h2-10H,11H2,1H3,(H,25,26). The molecule has 0 aliphatic rings. The number of nitrogens with one attached hydrogen (secondary N) is 1. The molecule has 0 saturated carbocycles. The summed E-state index contributed by atoms with van der Waals surface area (Å²) in [6.07, 6.45) is 1.38. The number of carbonyl (C=O) groups excluding carboxylic acids is 1. The van der Waals surface area contributed by atoms with E-state index in [-0.39, 0.29) is 6.61 Å². The van der Waals surface area contributed by atoms with E-state index in [1.54, 1.807) is 48.5 Å². The molecule has 1 amide bonds. The third-order valence-corrected chi connectivity index (χ3v) is 4.97. The van der Waals surface area contributed by atoms with Crippen molar-refractivity contribution in [3.63, 3.8) is 0 Å². The lowest BCUT2D eigenvalue weighted by Gasteiger charge is -2.06. The Kier molecular flexibility index (Phi) is 6.62. The summed E-state index contributed by atoms with van der Waals surface area (Å²) in [6, 6.07) is 13.9. The minimum Gasteiger partial charge on any atom is -0.484 e. The Bertz CT molecular complexity index is 1030. The number of halogens is 3. The van der Waals surface area contributed by atoms with Crippen molar-refractivity contribution in [1.82, 2.24) is 5.43 Å². The number of carbonyl (C=O) groups is 1. The van der Waals surface area contributed by atoms with E-state index in [1.165, 1.54) is 6.21 Å². The summed E-state index contributed by atoms with van der Waals surface area (Å²) < 4.78 is 11.1. The zero-order valence-corrected chi connectivity index (χ0v) is 17.0. The number of amides is 1. The normalized spacial score (nSPS) is 11.0. The second-order valence-corrected chi connectivity index (χ2v) is 6.99. The molecule has 8 heteroatoms. The summed E-state index contributed by atoms with van der Waals surface area (Å²) in [4.78, 5) is 11.8. The van der Waals surface area contributed by atoms with Crippen molar-refractivity contribution in [3.05, 3.63) is 74.9 Å². The van der Waals surface area contributed by atoms with E-state index >= 15 is 0 Å². The van der Waals surface area contributed by atoms with Crippen LogP contribution in [0.2, 0.25) is 15.1 Å². The Balaban J connectivity index is 1.54. The highest BCUT2D eigenvalue weighted by Crippen LogP contribution is 2.34. The summed E-state index contributed by atoms with van der Waals surface area (Å²) >= 11 is 18.1. The first kappa shape index (κ1) is 20.3. The largest absolute Gasteiger partial charge is 0.484 e. The number of ether oxygens (including phenoxy) is 1. The van der Waals surface area contributed by atoms with Gasteiger partial charge in [-0.05, 0) is 55.0 Å². The Morgan fingerprint density at radius 2 is 1.96 bits per heavy atom. The van der Waals surface area contributed by atoms with Gasteiger partial charge in [-0.15, -0.1) is 0 Å². The fourth-order valence-electron chi connectivity index (χ4n) is 2.32. The van der Waals surface area contributed by atoms with Crippen molar-refractivity contribution in [2.75, 3.05) is 6.61 Å². The maximum Gasteiger partial charge on any atom is 0.277 e. The molecule has 0 atom stereocenters. The number of hydrogen-bond donors (Lipinski definition) is 1. The van der Waals surface area contributed by atoms with E-state index in [0.717, 1.165) is 5.56 Å². The molecule has 144 valence electrons. The fourth-order valence-corrected chi connectivity index (χ4v) is 2.83. The predicted molar refractivity (Wildman–Crippen MR) is 112 cm³/mol. The Hall–Kier alpha value is -2.47. The summed E-state index contributed by atoms with van der Waals surface area (Å²) in [5.41, 5.74) is 3.91. The van der Waals surface area contributed by atoms with Gasteiger partial charge in [0.05, 0.1) is 16.3 Å². The molecule has 0 aliphatic heterocycles. The van der Waals surface area contributed by atoms with Crippen LogP contribution in [-0.4, -0.2) is 18.7 Å². The molecule has 0 fully saturated rings. The molecule has 0 radical (unpaired) electrons. The van der Waals surface area contributed by atoms with Crippen LogP contribution < -0.4 is 10.2 Å². The van der Waals surface area contributed by atoms with Gasteiger partial charge in [0.15, 0.2) is 6.61 Å². The first-order chi connectivity index (χ1) is 13.4. The molecule has 0 unspecified atom stereocenters. The molecule has 0 bridgehead atoms. The molecule has 0 spiro atoms. The lowest BCUT2D eigenvalue weighted by atomic mass is 10.2. The van der Waals surface area contributed by atoms with Gasteiger partial charge in [-0.25, -0.2) is 5.43 Å². The smallest absolute Gasteiger partial charge is 0.277 e. The van der Waals surface area contributed by atoms with Crippen LogP contribution >= 0.6 is 34.8 Å². The van der Waals surface area contributed by atoms with Crippen LogP contribution in [0.4, 0.5) is 0 Å². The Labute approximate surface area is 176 Å². The zero-order valence-electron chi connectivity index (χ0n) is 14.7. The number of furan rings is 1. The maximum absolute atomic E-state index is 11.8. The minimum atomic E-state index is -0.409. The predicted octanol–water partition coefficient (Wildman–Crippen LogP) is 5.74. The first-order valence-electron chi connectivity index (χ1n) is 8.19. The lowest BCUT2D eigenvalue weighted by Crippen LogP contribution is -2.24. The van der Waals surface area contributed by atoms with Crippen LogP contribution in [-0.2, 0) is 4.79 Å². The number of benzene rings is 2. The number of nitrogens with zero attached hydrogens (tertiary/aromatic N) is 1.